The van der Waals surface area contributed by atoms with Crippen molar-refractivity contribution in [3.8, 4) is 0 Å². The minimum atomic E-state index is 0.931. The Kier molecular flexibility index (Phi) is 3.79. The van der Waals surface area contributed by atoms with Crippen LogP contribution in [0, 0.1) is 0 Å². The summed E-state index contributed by atoms with van der Waals surface area (Å²) in [4.78, 5) is 3.92. The molecular weight excluding hydrogens is 166 g/mol. The normalized spacial score (nSPS) is 14.5. The van der Waals surface area contributed by atoms with Gasteiger partial charge in [-0.1, -0.05) is 6.08 Å². The molecule has 0 N–H and O–H groups in total. The second-order valence-electron chi connectivity index (χ2n) is 1.49. The molecule has 0 aromatic carbocycles. The van der Waals surface area contributed by atoms with Gasteiger partial charge in [0.25, 0.3) is 0 Å². The van der Waals surface area contributed by atoms with E-state index in [0.717, 1.165) is 4.62 Å². The lowest BCUT2D eigenvalue weighted by Gasteiger charge is -1.91. The van der Waals surface area contributed by atoms with E-state index in [-0.39, 0.29) is 0 Å². The second-order valence-corrected chi connectivity index (χ2v) is 2.24. The summed E-state index contributed by atoms with van der Waals surface area (Å²) in [6.45, 7) is 4.00. The zero-order chi connectivity index (χ0) is 6.57. The molecule has 0 rings (SSSR count). The van der Waals surface area contributed by atoms with Crippen LogP contribution < -0.4 is 0 Å². The molecule has 2 heteroatoms. The van der Waals surface area contributed by atoms with Crippen LogP contribution in [0.25, 0.3) is 0 Å². The predicted octanol–water partition coefficient (Wildman–Crippen LogP) is 2.38. The Morgan fingerprint density at radius 3 is 2.25 bits per heavy atom. The number of halogens is 1. The first-order chi connectivity index (χ1) is 3.72. The lowest BCUT2D eigenvalue weighted by molar-refractivity contribution is 1.43. The van der Waals surface area contributed by atoms with E-state index < -0.39 is 0 Å². The molecule has 0 amide bonds. The average Bonchev–Trinajstić information content (AvgIpc) is 1.84. The van der Waals surface area contributed by atoms with Crippen LogP contribution >= 0.6 is 15.9 Å². The fourth-order valence-electron chi connectivity index (χ4n) is 0.295. The van der Waals surface area contributed by atoms with Crippen molar-refractivity contribution in [3.05, 3.63) is 11.6 Å². The maximum atomic E-state index is 3.92. The molecule has 8 heavy (non-hydrogen) atoms. The minimum Gasteiger partial charge on any atom is -0.281 e. The number of allylic oxidation sites excluding steroid dienone is 2. The van der Waals surface area contributed by atoms with Crippen molar-refractivity contribution in [3.63, 3.8) is 0 Å². The van der Waals surface area contributed by atoms with Gasteiger partial charge in [0.05, 0.1) is 0 Å². The number of hydrogen-bond donors (Lipinski definition) is 0. The van der Waals surface area contributed by atoms with E-state index in [0.29, 0.717) is 0 Å². The molecule has 0 spiro atoms. The first kappa shape index (κ1) is 7.89. The lowest BCUT2D eigenvalue weighted by atomic mass is 10.3. The van der Waals surface area contributed by atoms with Crippen LogP contribution in [0.4, 0.5) is 0 Å². The third kappa shape index (κ3) is 2.26. The Morgan fingerprint density at radius 2 is 2.12 bits per heavy atom. The van der Waals surface area contributed by atoms with Gasteiger partial charge in [0.2, 0.25) is 0 Å². The second kappa shape index (κ2) is 3.84. The maximum Gasteiger partial charge on any atom is 0.102 e. The van der Waals surface area contributed by atoms with Gasteiger partial charge >= 0.3 is 0 Å². The highest BCUT2D eigenvalue weighted by Crippen LogP contribution is 2.01. The van der Waals surface area contributed by atoms with Crippen molar-refractivity contribution in [1.29, 1.82) is 0 Å². The topological polar surface area (TPSA) is 12.4 Å². The molecule has 0 aliphatic heterocycles. The molecule has 0 aliphatic carbocycles. The maximum absolute atomic E-state index is 3.92. The highest BCUT2D eigenvalue weighted by atomic mass is 79.9. The molecule has 0 fully saturated rings. The van der Waals surface area contributed by atoms with Crippen molar-refractivity contribution in [2.75, 3.05) is 7.05 Å². The van der Waals surface area contributed by atoms with Crippen LogP contribution in [0.3, 0.4) is 0 Å². The third-order valence-corrected chi connectivity index (χ3v) is 1.93. The van der Waals surface area contributed by atoms with E-state index in [1.807, 2.05) is 19.9 Å². The van der Waals surface area contributed by atoms with Gasteiger partial charge in [-0.15, -0.1) is 0 Å². The van der Waals surface area contributed by atoms with Crippen LogP contribution in [0.5, 0.6) is 0 Å². The molecule has 0 unspecified atom stereocenters. The summed E-state index contributed by atoms with van der Waals surface area (Å²) in [5.74, 6) is 0. The Bertz CT molecular complexity index is 108. The molecule has 1 nitrogen and oxygen atoms in total. The minimum absolute atomic E-state index is 0.931. The summed E-state index contributed by atoms with van der Waals surface area (Å²) in [5.41, 5.74) is 1.17. The summed E-state index contributed by atoms with van der Waals surface area (Å²) in [6, 6.07) is 0. The monoisotopic (exact) mass is 175 g/mol. The number of hydrogen-bond acceptors (Lipinski definition) is 1. The van der Waals surface area contributed by atoms with Crippen LogP contribution in [-0.2, 0) is 0 Å². The number of rotatable bonds is 1. The van der Waals surface area contributed by atoms with Crippen molar-refractivity contribution >= 4 is 20.6 Å². The standard InChI is InChI=1S/C6H10BrN/c1-4-5(2)6(7)8-3/h4H,1-3H3/b5-4-,8-6?. The summed E-state index contributed by atoms with van der Waals surface area (Å²) in [5, 5.41) is 0. The molecule has 0 heterocycles. The highest BCUT2D eigenvalue weighted by Gasteiger charge is 1.89. The van der Waals surface area contributed by atoms with Crippen molar-refractivity contribution in [2.45, 2.75) is 13.8 Å². The van der Waals surface area contributed by atoms with E-state index in [1.165, 1.54) is 5.57 Å². The summed E-state index contributed by atoms with van der Waals surface area (Å²) >= 11 is 3.28. The van der Waals surface area contributed by atoms with E-state index in [4.69, 9.17) is 0 Å². The van der Waals surface area contributed by atoms with Gasteiger partial charge in [-0.3, -0.25) is 4.99 Å². The molecule has 46 valence electrons. The van der Waals surface area contributed by atoms with Gasteiger partial charge in [-0.25, -0.2) is 0 Å². The molecule has 0 atom stereocenters. The van der Waals surface area contributed by atoms with Crippen molar-refractivity contribution in [1.82, 2.24) is 0 Å². The van der Waals surface area contributed by atoms with Gasteiger partial charge < -0.3 is 0 Å². The molecular formula is C6H10BrN. The molecule has 0 aromatic rings. The highest BCUT2D eigenvalue weighted by molar-refractivity contribution is 9.18. The Balaban J connectivity index is 4.04. The molecule has 0 saturated heterocycles. The summed E-state index contributed by atoms with van der Waals surface area (Å²) in [6.07, 6.45) is 2.01. The Labute approximate surface area is 58.6 Å². The van der Waals surface area contributed by atoms with Crippen LogP contribution in [0.15, 0.2) is 16.6 Å². The SMILES string of the molecule is C/C=C(/C)C(Br)=NC. The Morgan fingerprint density at radius 1 is 1.62 bits per heavy atom. The van der Waals surface area contributed by atoms with E-state index in [9.17, 15) is 0 Å². The number of aliphatic imine (C=N–C) groups is 1. The fraction of sp³-hybridized carbons (Fsp3) is 0.500. The molecule has 0 saturated carbocycles. The van der Waals surface area contributed by atoms with E-state index in [1.54, 1.807) is 7.05 Å². The van der Waals surface area contributed by atoms with Crippen molar-refractivity contribution < 1.29 is 0 Å². The zero-order valence-electron chi connectivity index (χ0n) is 5.40. The third-order valence-electron chi connectivity index (χ3n) is 0.955. The lowest BCUT2D eigenvalue weighted by Crippen LogP contribution is -1.85. The van der Waals surface area contributed by atoms with E-state index in [2.05, 4.69) is 20.9 Å². The van der Waals surface area contributed by atoms with Gasteiger partial charge in [-0.2, -0.15) is 0 Å². The summed E-state index contributed by atoms with van der Waals surface area (Å²) < 4.78 is 0.931. The molecule has 0 aliphatic rings. The van der Waals surface area contributed by atoms with E-state index >= 15 is 0 Å². The fourth-order valence-corrected chi connectivity index (χ4v) is 0.524. The molecule has 0 radical (unpaired) electrons. The molecule has 0 aromatic heterocycles. The van der Waals surface area contributed by atoms with Crippen LogP contribution in [0.1, 0.15) is 13.8 Å². The largest absolute Gasteiger partial charge is 0.281 e. The smallest absolute Gasteiger partial charge is 0.102 e. The predicted molar refractivity (Wildman–Crippen MR) is 41.7 cm³/mol. The molecule has 0 bridgehead atoms. The zero-order valence-corrected chi connectivity index (χ0v) is 6.99. The van der Waals surface area contributed by atoms with Crippen molar-refractivity contribution in [2.24, 2.45) is 4.99 Å². The number of nitrogens with zero attached hydrogens (tertiary/aromatic N) is 1. The van der Waals surface area contributed by atoms with Gasteiger partial charge in [0, 0.05) is 7.05 Å². The first-order valence-corrected chi connectivity index (χ1v) is 3.27. The van der Waals surface area contributed by atoms with Gasteiger partial charge in [0.1, 0.15) is 4.62 Å². The van der Waals surface area contributed by atoms with Crippen LogP contribution in [0.2, 0.25) is 0 Å². The quantitative estimate of drug-likeness (QED) is 0.544. The summed E-state index contributed by atoms with van der Waals surface area (Å²) in [7, 11) is 1.76. The first-order valence-electron chi connectivity index (χ1n) is 2.48. The van der Waals surface area contributed by atoms with Gasteiger partial charge in [-0.05, 0) is 35.4 Å². The Hall–Kier alpha value is -0.110. The average molecular weight is 176 g/mol. The van der Waals surface area contributed by atoms with Gasteiger partial charge in [0.15, 0.2) is 0 Å². The van der Waals surface area contributed by atoms with Crippen LogP contribution in [-0.4, -0.2) is 11.7 Å².